The van der Waals surface area contributed by atoms with E-state index in [1.165, 1.54) is 0 Å². The van der Waals surface area contributed by atoms with Crippen molar-refractivity contribution in [1.29, 1.82) is 0 Å². The summed E-state index contributed by atoms with van der Waals surface area (Å²) in [7, 11) is 0. The lowest BCUT2D eigenvalue weighted by atomic mass is 10.2. The van der Waals surface area contributed by atoms with Gasteiger partial charge in [0, 0.05) is 24.0 Å². The van der Waals surface area contributed by atoms with Crippen LogP contribution in [-0.4, -0.2) is 43.2 Å². The Bertz CT molecular complexity index is 462. The van der Waals surface area contributed by atoms with E-state index in [0.29, 0.717) is 25.4 Å². The summed E-state index contributed by atoms with van der Waals surface area (Å²) in [5, 5.41) is 2.92. The van der Waals surface area contributed by atoms with Crippen LogP contribution >= 0.6 is 0 Å². The SMILES string of the molecule is Cc1ccc(N)cc1NC(=O)CN1CCOCC1C. The predicted octanol–water partition coefficient (Wildman–Crippen LogP) is 1.24. The maximum Gasteiger partial charge on any atom is 0.238 e. The van der Waals surface area contributed by atoms with Gasteiger partial charge in [-0.3, -0.25) is 9.69 Å². The molecule has 1 fully saturated rings. The first-order valence-electron chi connectivity index (χ1n) is 6.54. The summed E-state index contributed by atoms with van der Waals surface area (Å²) < 4.78 is 5.36. The van der Waals surface area contributed by atoms with Gasteiger partial charge in [-0.25, -0.2) is 0 Å². The Kier molecular flexibility index (Phi) is 4.39. The molecule has 1 amide bonds. The van der Waals surface area contributed by atoms with Crippen molar-refractivity contribution in [3.05, 3.63) is 23.8 Å². The van der Waals surface area contributed by atoms with Crippen LogP contribution in [-0.2, 0) is 9.53 Å². The molecule has 0 radical (unpaired) electrons. The highest BCUT2D eigenvalue weighted by Crippen LogP contribution is 2.18. The zero-order valence-electron chi connectivity index (χ0n) is 11.5. The van der Waals surface area contributed by atoms with Gasteiger partial charge in [-0.05, 0) is 31.5 Å². The molecule has 1 aromatic rings. The van der Waals surface area contributed by atoms with Crippen molar-refractivity contribution in [3.63, 3.8) is 0 Å². The van der Waals surface area contributed by atoms with Crippen molar-refractivity contribution in [1.82, 2.24) is 4.90 Å². The van der Waals surface area contributed by atoms with Gasteiger partial charge in [0.25, 0.3) is 0 Å². The Morgan fingerprint density at radius 3 is 3.11 bits per heavy atom. The summed E-state index contributed by atoms with van der Waals surface area (Å²) >= 11 is 0. The normalized spacial score (nSPS) is 20.2. The Hall–Kier alpha value is -1.59. The topological polar surface area (TPSA) is 67.6 Å². The fourth-order valence-corrected chi connectivity index (χ4v) is 2.14. The number of hydrogen-bond donors (Lipinski definition) is 2. The highest BCUT2D eigenvalue weighted by atomic mass is 16.5. The van der Waals surface area contributed by atoms with Crippen LogP contribution < -0.4 is 11.1 Å². The molecule has 1 aromatic carbocycles. The number of nitrogens with zero attached hydrogens (tertiary/aromatic N) is 1. The molecule has 1 unspecified atom stereocenters. The van der Waals surface area contributed by atoms with E-state index >= 15 is 0 Å². The van der Waals surface area contributed by atoms with E-state index in [9.17, 15) is 4.79 Å². The number of rotatable bonds is 3. The first-order chi connectivity index (χ1) is 9.06. The minimum atomic E-state index is -0.0116. The van der Waals surface area contributed by atoms with Crippen molar-refractivity contribution in [2.24, 2.45) is 0 Å². The van der Waals surface area contributed by atoms with E-state index < -0.39 is 0 Å². The molecule has 5 heteroatoms. The van der Waals surface area contributed by atoms with E-state index in [1.54, 1.807) is 6.07 Å². The van der Waals surface area contributed by atoms with Crippen LogP contribution in [0.2, 0.25) is 0 Å². The smallest absolute Gasteiger partial charge is 0.238 e. The average Bonchev–Trinajstić information content (AvgIpc) is 2.37. The molecule has 1 saturated heterocycles. The zero-order chi connectivity index (χ0) is 13.8. The number of nitrogens with one attached hydrogen (secondary N) is 1. The van der Waals surface area contributed by atoms with Gasteiger partial charge in [-0.15, -0.1) is 0 Å². The first-order valence-corrected chi connectivity index (χ1v) is 6.54. The zero-order valence-corrected chi connectivity index (χ0v) is 11.5. The number of anilines is 2. The van der Waals surface area contributed by atoms with Crippen molar-refractivity contribution in [2.45, 2.75) is 19.9 Å². The van der Waals surface area contributed by atoms with E-state index in [0.717, 1.165) is 17.8 Å². The van der Waals surface area contributed by atoms with Crippen LogP contribution in [0.25, 0.3) is 0 Å². The summed E-state index contributed by atoms with van der Waals surface area (Å²) in [6.45, 7) is 6.58. The van der Waals surface area contributed by atoms with Gasteiger partial charge in [-0.2, -0.15) is 0 Å². The monoisotopic (exact) mass is 263 g/mol. The van der Waals surface area contributed by atoms with Gasteiger partial charge in [0.15, 0.2) is 0 Å². The lowest BCUT2D eigenvalue weighted by Gasteiger charge is -2.32. The van der Waals surface area contributed by atoms with E-state index in [4.69, 9.17) is 10.5 Å². The number of amides is 1. The molecule has 104 valence electrons. The molecule has 19 heavy (non-hydrogen) atoms. The molecule has 1 aliphatic heterocycles. The first kappa shape index (κ1) is 13.8. The summed E-state index contributed by atoms with van der Waals surface area (Å²) in [5.74, 6) is -0.0116. The molecule has 5 nitrogen and oxygen atoms in total. The van der Waals surface area contributed by atoms with Crippen LogP contribution in [0.5, 0.6) is 0 Å². The molecule has 0 bridgehead atoms. The summed E-state index contributed by atoms with van der Waals surface area (Å²) in [5.41, 5.74) is 8.18. The highest BCUT2D eigenvalue weighted by Gasteiger charge is 2.21. The van der Waals surface area contributed by atoms with Crippen molar-refractivity contribution < 1.29 is 9.53 Å². The van der Waals surface area contributed by atoms with Gasteiger partial charge in [-0.1, -0.05) is 6.07 Å². The molecular weight excluding hydrogens is 242 g/mol. The van der Waals surface area contributed by atoms with Gasteiger partial charge >= 0.3 is 0 Å². The van der Waals surface area contributed by atoms with Gasteiger partial charge in [0.05, 0.1) is 19.8 Å². The predicted molar refractivity (Wildman–Crippen MR) is 76.1 cm³/mol. The van der Waals surface area contributed by atoms with Crippen molar-refractivity contribution in [2.75, 3.05) is 37.4 Å². The number of nitrogen functional groups attached to an aromatic ring is 1. The van der Waals surface area contributed by atoms with Crippen LogP contribution in [0.15, 0.2) is 18.2 Å². The van der Waals surface area contributed by atoms with Crippen molar-refractivity contribution >= 4 is 17.3 Å². The number of benzene rings is 1. The number of morpholine rings is 1. The lowest BCUT2D eigenvalue weighted by molar-refractivity contribution is -0.119. The summed E-state index contributed by atoms with van der Waals surface area (Å²) in [6, 6.07) is 5.80. The molecular formula is C14H21N3O2. The molecule has 2 rings (SSSR count). The number of nitrogens with two attached hydrogens (primary N) is 1. The third-order valence-electron chi connectivity index (χ3n) is 3.39. The van der Waals surface area contributed by atoms with E-state index in [2.05, 4.69) is 17.1 Å². The summed E-state index contributed by atoms with van der Waals surface area (Å²) in [4.78, 5) is 14.2. The fraction of sp³-hybridized carbons (Fsp3) is 0.500. The lowest BCUT2D eigenvalue weighted by Crippen LogP contribution is -2.47. The second-order valence-electron chi connectivity index (χ2n) is 5.02. The number of aryl methyl sites for hydroxylation is 1. The van der Waals surface area contributed by atoms with Crippen LogP contribution in [0, 0.1) is 6.92 Å². The number of carbonyl (C=O) groups excluding carboxylic acids is 1. The summed E-state index contributed by atoms with van der Waals surface area (Å²) in [6.07, 6.45) is 0. The minimum absolute atomic E-state index is 0.0116. The third-order valence-corrected chi connectivity index (χ3v) is 3.39. The second kappa shape index (κ2) is 6.04. The molecule has 0 aliphatic carbocycles. The van der Waals surface area contributed by atoms with Gasteiger partial charge < -0.3 is 15.8 Å². The molecule has 1 heterocycles. The molecule has 0 aromatic heterocycles. The standard InChI is InChI=1S/C14H21N3O2/c1-10-3-4-12(15)7-13(10)16-14(18)8-17-5-6-19-9-11(17)2/h3-4,7,11H,5-6,8-9,15H2,1-2H3,(H,16,18). The largest absolute Gasteiger partial charge is 0.399 e. The van der Waals surface area contributed by atoms with Gasteiger partial charge in [0.2, 0.25) is 5.91 Å². The molecule has 1 aliphatic rings. The molecule has 0 spiro atoms. The minimum Gasteiger partial charge on any atom is -0.399 e. The Morgan fingerprint density at radius 2 is 2.37 bits per heavy atom. The average molecular weight is 263 g/mol. The number of hydrogen-bond acceptors (Lipinski definition) is 4. The van der Waals surface area contributed by atoms with E-state index in [-0.39, 0.29) is 11.9 Å². The third kappa shape index (κ3) is 3.68. The van der Waals surface area contributed by atoms with Gasteiger partial charge in [0.1, 0.15) is 0 Å². The second-order valence-corrected chi connectivity index (χ2v) is 5.02. The maximum atomic E-state index is 12.1. The number of ether oxygens (including phenoxy) is 1. The Balaban J connectivity index is 1.95. The quantitative estimate of drug-likeness (QED) is 0.805. The van der Waals surface area contributed by atoms with Crippen LogP contribution in [0.1, 0.15) is 12.5 Å². The Morgan fingerprint density at radius 1 is 1.58 bits per heavy atom. The van der Waals surface area contributed by atoms with Crippen molar-refractivity contribution in [3.8, 4) is 0 Å². The van der Waals surface area contributed by atoms with Crippen LogP contribution in [0.3, 0.4) is 0 Å². The maximum absolute atomic E-state index is 12.1. The molecule has 1 atom stereocenters. The molecule has 0 saturated carbocycles. The number of carbonyl (C=O) groups is 1. The van der Waals surface area contributed by atoms with E-state index in [1.807, 2.05) is 19.1 Å². The molecule has 3 N–H and O–H groups in total. The Labute approximate surface area is 113 Å². The van der Waals surface area contributed by atoms with Crippen LogP contribution in [0.4, 0.5) is 11.4 Å². The fourth-order valence-electron chi connectivity index (χ4n) is 2.14. The highest BCUT2D eigenvalue weighted by molar-refractivity contribution is 5.93.